The van der Waals surface area contributed by atoms with E-state index in [0.717, 1.165) is 18.4 Å². The Kier molecular flexibility index (Phi) is 3.97. The first-order chi connectivity index (χ1) is 8.63. The molecule has 1 fully saturated rings. The summed E-state index contributed by atoms with van der Waals surface area (Å²) in [4.78, 5) is 14.1. The summed E-state index contributed by atoms with van der Waals surface area (Å²) in [5.74, 6) is -0.626. The van der Waals surface area contributed by atoms with Crippen molar-refractivity contribution in [1.82, 2.24) is 4.90 Å². The standard InChI is InChI=1S/C14H19FN2O/c1-17(12-3-2-4-12)14(18)13(9-16)10-5-7-11(15)8-6-10/h5-8,12-13H,2-4,9,16H2,1H3. The minimum Gasteiger partial charge on any atom is -0.342 e. The van der Waals surface area contributed by atoms with Gasteiger partial charge < -0.3 is 10.6 Å². The average Bonchev–Trinajstić information content (AvgIpc) is 2.30. The van der Waals surface area contributed by atoms with Gasteiger partial charge in [-0.25, -0.2) is 4.39 Å². The first kappa shape index (κ1) is 13.0. The van der Waals surface area contributed by atoms with Crippen molar-refractivity contribution >= 4 is 5.91 Å². The topological polar surface area (TPSA) is 46.3 Å². The lowest BCUT2D eigenvalue weighted by molar-refractivity contribution is -0.134. The zero-order valence-electron chi connectivity index (χ0n) is 10.6. The number of halogens is 1. The van der Waals surface area contributed by atoms with Gasteiger partial charge in [0.25, 0.3) is 0 Å². The van der Waals surface area contributed by atoms with E-state index in [1.54, 1.807) is 17.0 Å². The first-order valence-electron chi connectivity index (χ1n) is 6.35. The van der Waals surface area contributed by atoms with Crippen molar-refractivity contribution in [2.75, 3.05) is 13.6 Å². The van der Waals surface area contributed by atoms with Crippen LogP contribution in [0, 0.1) is 5.82 Å². The summed E-state index contributed by atoms with van der Waals surface area (Å²) < 4.78 is 12.9. The van der Waals surface area contributed by atoms with Crippen molar-refractivity contribution in [2.45, 2.75) is 31.2 Å². The van der Waals surface area contributed by atoms with Crippen LogP contribution in [-0.4, -0.2) is 30.4 Å². The third kappa shape index (κ3) is 2.53. The molecule has 1 atom stereocenters. The summed E-state index contributed by atoms with van der Waals surface area (Å²) >= 11 is 0. The van der Waals surface area contributed by atoms with Gasteiger partial charge in [0, 0.05) is 19.6 Å². The molecule has 2 rings (SSSR count). The van der Waals surface area contributed by atoms with Gasteiger partial charge in [0.05, 0.1) is 5.92 Å². The lowest BCUT2D eigenvalue weighted by Crippen LogP contribution is -2.44. The van der Waals surface area contributed by atoms with Crippen LogP contribution in [0.5, 0.6) is 0 Å². The van der Waals surface area contributed by atoms with Crippen molar-refractivity contribution in [3.8, 4) is 0 Å². The summed E-state index contributed by atoms with van der Waals surface area (Å²) in [5, 5.41) is 0. The summed E-state index contributed by atoms with van der Waals surface area (Å²) in [5.41, 5.74) is 6.49. The molecule has 1 amide bonds. The number of nitrogens with zero attached hydrogens (tertiary/aromatic N) is 1. The lowest BCUT2D eigenvalue weighted by atomic mass is 9.89. The highest BCUT2D eigenvalue weighted by Gasteiger charge is 2.30. The highest BCUT2D eigenvalue weighted by atomic mass is 19.1. The summed E-state index contributed by atoms with van der Waals surface area (Å²) in [6.45, 7) is 0.252. The lowest BCUT2D eigenvalue weighted by Gasteiger charge is -2.36. The Balaban J connectivity index is 2.12. The fraction of sp³-hybridized carbons (Fsp3) is 0.500. The SMILES string of the molecule is CN(C(=O)C(CN)c1ccc(F)cc1)C1CCC1. The number of hydrogen-bond acceptors (Lipinski definition) is 2. The minimum absolute atomic E-state index is 0.0359. The Morgan fingerprint density at radius 1 is 1.44 bits per heavy atom. The Labute approximate surface area is 107 Å². The smallest absolute Gasteiger partial charge is 0.231 e. The van der Waals surface area contributed by atoms with E-state index in [1.807, 2.05) is 7.05 Å². The molecule has 0 aliphatic heterocycles. The predicted molar refractivity (Wildman–Crippen MR) is 68.6 cm³/mol. The number of benzene rings is 1. The van der Waals surface area contributed by atoms with Crippen molar-refractivity contribution < 1.29 is 9.18 Å². The van der Waals surface area contributed by atoms with Crippen molar-refractivity contribution in [1.29, 1.82) is 0 Å². The normalized spacial score (nSPS) is 17.1. The molecule has 4 heteroatoms. The molecule has 0 heterocycles. The number of carbonyl (C=O) groups is 1. The zero-order valence-corrected chi connectivity index (χ0v) is 10.6. The van der Waals surface area contributed by atoms with Crippen LogP contribution in [-0.2, 0) is 4.79 Å². The highest BCUT2D eigenvalue weighted by Crippen LogP contribution is 2.27. The fourth-order valence-corrected chi connectivity index (χ4v) is 2.27. The molecule has 2 N–H and O–H groups in total. The maximum Gasteiger partial charge on any atom is 0.231 e. The molecule has 0 spiro atoms. The summed E-state index contributed by atoms with van der Waals surface area (Å²) in [6, 6.07) is 6.37. The quantitative estimate of drug-likeness (QED) is 0.887. The van der Waals surface area contributed by atoms with Crippen molar-refractivity contribution in [3.63, 3.8) is 0 Å². The molecule has 1 aliphatic rings. The number of hydrogen-bond donors (Lipinski definition) is 1. The first-order valence-corrected chi connectivity index (χ1v) is 6.35. The predicted octanol–water partition coefficient (Wildman–Crippen LogP) is 1.88. The van der Waals surface area contributed by atoms with Crippen LogP contribution in [0.4, 0.5) is 4.39 Å². The van der Waals surface area contributed by atoms with Crippen LogP contribution in [0.1, 0.15) is 30.7 Å². The van der Waals surface area contributed by atoms with E-state index < -0.39 is 0 Å². The number of likely N-dealkylation sites (N-methyl/N-ethyl adjacent to an activating group) is 1. The van der Waals surface area contributed by atoms with Gasteiger partial charge in [0.1, 0.15) is 5.82 Å². The Morgan fingerprint density at radius 3 is 2.50 bits per heavy atom. The molecule has 1 aliphatic carbocycles. The molecular formula is C14H19FN2O. The van der Waals surface area contributed by atoms with Crippen LogP contribution < -0.4 is 5.73 Å². The molecule has 0 aromatic heterocycles. The second kappa shape index (κ2) is 5.48. The highest BCUT2D eigenvalue weighted by molar-refractivity contribution is 5.84. The monoisotopic (exact) mass is 250 g/mol. The van der Waals surface area contributed by atoms with E-state index in [1.165, 1.54) is 18.6 Å². The average molecular weight is 250 g/mol. The van der Waals surface area contributed by atoms with E-state index in [-0.39, 0.29) is 24.2 Å². The number of nitrogens with two attached hydrogens (primary N) is 1. The van der Waals surface area contributed by atoms with Gasteiger partial charge in [-0.05, 0) is 37.0 Å². The van der Waals surface area contributed by atoms with Crippen LogP contribution in [0.15, 0.2) is 24.3 Å². The summed E-state index contributed by atoms with van der Waals surface area (Å²) in [6.07, 6.45) is 3.33. The molecule has 1 aromatic rings. The van der Waals surface area contributed by atoms with Crippen LogP contribution in [0.25, 0.3) is 0 Å². The largest absolute Gasteiger partial charge is 0.342 e. The third-order valence-electron chi connectivity index (χ3n) is 3.78. The molecule has 0 saturated heterocycles. The van der Waals surface area contributed by atoms with Gasteiger partial charge in [0.2, 0.25) is 5.91 Å². The molecule has 98 valence electrons. The number of rotatable bonds is 4. The van der Waals surface area contributed by atoms with Crippen LogP contribution in [0.3, 0.4) is 0 Å². The zero-order chi connectivity index (χ0) is 13.1. The van der Waals surface area contributed by atoms with Gasteiger partial charge in [0.15, 0.2) is 0 Å². The molecular weight excluding hydrogens is 231 g/mol. The molecule has 18 heavy (non-hydrogen) atoms. The minimum atomic E-state index is -0.365. The molecule has 1 unspecified atom stereocenters. The molecule has 1 saturated carbocycles. The van der Waals surface area contributed by atoms with Crippen molar-refractivity contribution in [2.24, 2.45) is 5.73 Å². The second-order valence-electron chi connectivity index (χ2n) is 4.87. The van der Waals surface area contributed by atoms with E-state index in [0.29, 0.717) is 6.04 Å². The Hall–Kier alpha value is -1.42. The van der Waals surface area contributed by atoms with E-state index in [4.69, 9.17) is 5.73 Å². The Bertz CT molecular complexity index is 414. The third-order valence-corrected chi connectivity index (χ3v) is 3.78. The van der Waals surface area contributed by atoms with E-state index in [2.05, 4.69) is 0 Å². The molecule has 3 nitrogen and oxygen atoms in total. The van der Waals surface area contributed by atoms with Gasteiger partial charge in [-0.15, -0.1) is 0 Å². The van der Waals surface area contributed by atoms with Gasteiger partial charge in [-0.1, -0.05) is 12.1 Å². The Morgan fingerprint density at radius 2 is 2.06 bits per heavy atom. The molecule has 0 bridgehead atoms. The number of carbonyl (C=O) groups excluding carboxylic acids is 1. The fourth-order valence-electron chi connectivity index (χ4n) is 2.27. The number of amides is 1. The summed E-state index contributed by atoms with van der Waals surface area (Å²) in [7, 11) is 1.83. The van der Waals surface area contributed by atoms with Gasteiger partial charge >= 0.3 is 0 Å². The molecule has 1 aromatic carbocycles. The van der Waals surface area contributed by atoms with Gasteiger partial charge in [-0.2, -0.15) is 0 Å². The van der Waals surface area contributed by atoms with Gasteiger partial charge in [-0.3, -0.25) is 4.79 Å². The van der Waals surface area contributed by atoms with E-state index in [9.17, 15) is 9.18 Å². The van der Waals surface area contributed by atoms with E-state index >= 15 is 0 Å². The molecule has 0 radical (unpaired) electrons. The maximum atomic E-state index is 12.9. The maximum absolute atomic E-state index is 12.9. The van der Waals surface area contributed by atoms with Crippen molar-refractivity contribution in [3.05, 3.63) is 35.6 Å². The van der Waals surface area contributed by atoms with Crippen LogP contribution in [0.2, 0.25) is 0 Å². The van der Waals surface area contributed by atoms with Crippen LogP contribution >= 0.6 is 0 Å². The second-order valence-corrected chi connectivity index (χ2v) is 4.87.